The minimum Gasteiger partial charge on any atom is -0.363 e. The molecule has 1 heterocycles. The van der Waals surface area contributed by atoms with E-state index in [0.29, 0.717) is 12.0 Å². The lowest BCUT2D eigenvalue weighted by Gasteiger charge is -2.50. The summed E-state index contributed by atoms with van der Waals surface area (Å²) in [5, 5.41) is 3.83. The van der Waals surface area contributed by atoms with Gasteiger partial charge in [-0.3, -0.25) is 0 Å². The zero-order chi connectivity index (χ0) is 15.6. The molecule has 1 fully saturated rings. The maximum atomic E-state index is 3.83. The first-order valence-corrected chi connectivity index (χ1v) is 9.48. The molecule has 4 heteroatoms. The summed E-state index contributed by atoms with van der Waals surface area (Å²) in [6.45, 7) is 11.3. The minimum absolute atomic E-state index is 0.222. The molecular weight excluding hydrogens is 392 g/mol. The average Bonchev–Trinajstić information content (AvgIpc) is 2.46. The Hall–Kier alpha value is -0.0600. The largest absolute Gasteiger partial charge is 0.363 e. The third-order valence-corrected chi connectivity index (χ3v) is 6.19. The van der Waals surface area contributed by atoms with Gasteiger partial charge in [-0.05, 0) is 62.8 Å². The summed E-state index contributed by atoms with van der Waals surface area (Å²) in [6.07, 6.45) is 2.32. The van der Waals surface area contributed by atoms with Crippen molar-refractivity contribution in [2.45, 2.75) is 52.1 Å². The summed E-state index contributed by atoms with van der Waals surface area (Å²) in [5.74, 6) is 0.614. The number of nitrogens with one attached hydrogen (secondary N) is 1. The SMILES string of the molecule is CCC1(CC)CN(c2c(Br)cccc2Br)C(C(C)C)CN1. The van der Waals surface area contributed by atoms with E-state index in [4.69, 9.17) is 0 Å². The maximum Gasteiger partial charge on any atom is 0.0658 e. The average molecular weight is 418 g/mol. The van der Waals surface area contributed by atoms with Crippen LogP contribution in [0.15, 0.2) is 27.1 Å². The van der Waals surface area contributed by atoms with Gasteiger partial charge in [0.1, 0.15) is 0 Å². The first-order valence-electron chi connectivity index (χ1n) is 7.89. The number of para-hydroxylation sites is 1. The van der Waals surface area contributed by atoms with Gasteiger partial charge in [0.05, 0.1) is 5.69 Å². The van der Waals surface area contributed by atoms with Crippen molar-refractivity contribution in [1.82, 2.24) is 5.32 Å². The van der Waals surface area contributed by atoms with Crippen LogP contribution in [0.3, 0.4) is 0 Å². The topological polar surface area (TPSA) is 15.3 Å². The highest BCUT2D eigenvalue weighted by molar-refractivity contribution is 9.11. The van der Waals surface area contributed by atoms with E-state index in [1.165, 1.54) is 14.6 Å². The Balaban J connectivity index is 2.43. The Morgan fingerprint density at radius 1 is 1.24 bits per heavy atom. The van der Waals surface area contributed by atoms with Crippen LogP contribution in [0.5, 0.6) is 0 Å². The molecule has 1 unspecified atom stereocenters. The van der Waals surface area contributed by atoms with Crippen molar-refractivity contribution in [2.75, 3.05) is 18.0 Å². The molecule has 0 amide bonds. The molecule has 1 aromatic rings. The number of rotatable bonds is 4. The van der Waals surface area contributed by atoms with Gasteiger partial charge in [-0.1, -0.05) is 33.8 Å². The van der Waals surface area contributed by atoms with E-state index in [2.05, 4.69) is 88.0 Å². The van der Waals surface area contributed by atoms with Gasteiger partial charge in [-0.25, -0.2) is 0 Å². The summed E-state index contributed by atoms with van der Waals surface area (Å²) in [4.78, 5) is 2.60. The molecule has 1 aliphatic heterocycles. The van der Waals surface area contributed by atoms with Crippen LogP contribution < -0.4 is 10.2 Å². The monoisotopic (exact) mass is 416 g/mol. The zero-order valence-corrected chi connectivity index (χ0v) is 16.6. The predicted molar refractivity (Wildman–Crippen MR) is 99.1 cm³/mol. The number of halogens is 2. The van der Waals surface area contributed by atoms with E-state index >= 15 is 0 Å². The highest BCUT2D eigenvalue weighted by Crippen LogP contribution is 2.39. The summed E-state index contributed by atoms with van der Waals surface area (Å²) in [6, 6.07) is 6.88. The fraction of sp³-hybridized carbons (Fsp3) is 0.647. The van der Waals surface area contributed by atoms with Crippen LogP contribution in [-0.2, 0) is 0 Å². The summed E-state index contributed by atoms with van der Waals surface area (Å²) in [7, 11) is 0. The fourth-order valence-electron chi connectivity index (χ4n) is 3.26. The highest BCUT2D eigenvalue weighted by atomic mass is 79.9. The molecule has 1 atom stereocenters. The van der Waals surface area contributed by atoms with Crippen LogP contribution in [0.2, 0.25) is 0 Å². The molecular formula is C17H26Br2N2. The van der Waals surface area contributed by atoms with Crippen LogP contribution in [0.4, 0.5) is 5.69 Å². The van der Waals surface area contributed by atoms with Gasteiger partial charge in [-0.15, -0.1) is 0 Å². The molecule has 0 saturated carbocycles. The van der Waals surface area contributed by atoms with Crippen molar-refractivity contribution in [2.24, 2.45) is 5.92 Å². The minimum atomic E-state index is 0.222. The van der Waals surface area contributed by atoms with Crippen molar-refractivity contribution in [3.05, 3.63) is 27.1 Å². The molecule has 1 aliphatic rings. The van der Waals surface area contributed by atoms with Gasteiger partial charge in [0.15, 0.2) is 0 Å². The van der Waals surface area contributed by atoms with Crippen LogP contribution in [0, 0.1) is 5.92 Å². The summed E-state index contributed by atoms with van der Waals surface area (Å²) < 4.78 is 2.34. The van der Waals surface area contributed by atoms with Crippen molar-refractivity contribution in [3.63, 3.8) is 0 Å². The first kappa shape index (κ1) is 17.3. The van der Waals surface area contributed by atoms with Gasteiger partial charge in [-0.2, -0.15) is 0 Å². The number of nitrogens with zero attached hydrogens (tertiary/aromatic N) is 1. The van der Waals surface area contributed by atoms with E-state index in [1.54, 1.807) is 0 Å². The number of piperazine rings is 1. The van der Waals surface area contributed by atoms with Crippen LogP contribution in [0.25, 0.3) is 0 Å². The Morgan fingerprint density at radius 2 is 1.81 bits per heavy atom. The number of anilines is 1. The van der Waals surface area contributed by atoms with Gasteiger partial charge in [0.25, 0.3) is 0 Å². The second-order valence-corrected chi connectivity index (χ2v) is 8.09. The zero-order valence-electron chi connectivity index (χ0n) is 13.4. The lowest BCUT2D eigenvalue weighted by atomic mass is 9.86. The van der Waals surface area contributed by atoms with E-state index in [9.17, 15) is 0 Å². The molecule has 0 aromatic heterocycles. The van der Waals surface area contributed by atoms with Crippen molar-refractivity contribution in [3.8, 4) is 0 Å². The predicted octanol–water partition coefficient (Wildman–Crippen LogP) is 5.20. The lowest BCUT2D eigenvalue weighted by Crippen LogP contribution is -2.65. The normalized spacial score (nSPS) is 21.9. The quantitative estimate of drug-likeness (QED) is 0.723. The molecule has 0 bridgehead atoms. The fourth-order valence-corrected chi connectivity index (χ4v) is 4.71. The summed E-state index contributed by atoms with van der Waals surface area (Å²) in [5.41, 5.74) is 1.52. The summed E-state index contributed by atoms with van der Waals surface area (Å²) >= 11 is 7.50. The Morgan fingerprint density at radius 3 is 2.29 bits per heavy atom. The van der Waals surface area contributed by atoms with E-state index in [0.717, 1.165) is 25.9 Å². The van der Waals surface area contributed by atoms with Crippen LogP contribution >= 0.6 is 31.9 Å². The van der Waals surface area contributed by atoms with Crippen molar-refractivity contribution < 1.29 is 0 Å². The van der Waals surface area contributed by atoms with Gasteiger partial charge < -0.3 is 10.2 Å². The molecule has 1 saturated heterocycles. The Labute approximate surface area is 145 Å². The van der Waals surface area contributed by atoms with E-state index < -0.39 is 0 Å². The van der Waals surface area contributed by atoms with Crippen LogP contribution in [-0.4, -0.2) is 24.7 Å². The number of hydrogen-bond donors (Lipinski definition) is 1. The third kappa shape index (κ3) is 3.48. The third-order valence-electron chi connectivity index (χ3n) is 4.91. The van der Waals surface area contributed by atoms with E-state index in [1.807, 2.05) is 0 Å². The molecule has 21 heavy (non-hydrogen) atoms. The molecule has 1 N–H and O–H groups in total. The number of benzene rings is 1. The van der Waals surface area contributed by atoms with Gasteiger partial charge in [0, 0.05) is 33.6 Å². The van der Waals surface area contributed by atoms with Crippen molar-refractivity contribution >= 4 is 37.5 Å². The molecule has 1 aromatic carbocycles. The van der Waals surface area contributed by atoms with E-state index in [-0.39, 0.29) is 5.54 Å². The van der Waals surface area contributed by atoms with Gasteiger partial charge >= 0.3 is 0 Å². The number of hydrogen-bond acceptors (Lipinski definition) is 2. The van der Waals surface area contributed by atoms with Crippen LogP contribution in [0.1, 0.15) is 40.5 Å². The second kappa shape index (κ2) is 7.01. The smallest absolute Gasteiger partial charge is 0.0658 e. The highest BCUT2D eigenvalue weighted by Gasteiger charge is 2.38. The molecule has 2 nitrogen and oxygen atoms in total. The Bertz CT molecular complexity index is 463. The molecule has 2 rings (SSSR count). The van der Waals surface area contributed by atoms with Gasteiger partial charge in [0.2, 0.25) is 0 Å². The van der Waals surface area contributed by atoms with Crippen molar-refractivity contribution in [1.29, 1.82) is 0 Å². The molecule has 0 radical (unpaired) electrons. The second-order valence-electron chi connectivity index (χ2n) is 6.38. The molecule has 0 spiro atoms. The first-order chi connectivity index (χ1) is 9.94. The lowest BCUT2D eigenvalue weighted by molar-refractivity contribution is 0.227. The molecule has 0 aliphatic carbocycles. The maximum absolute atomic E-state index is 3.83. The Kier molecular flexibility index (Phi) is 5.77. The standard InChI is InChI=1S/C17H26Br2N2/c1-5-17(6-2)11-21(15(10-20-17)12(3)4)16-13(18)8-7-9-14(16)19/h7-9,12,15,20H,5-6,10-11H2,1-4H3. The molecule has 118 valence electrons.